The van der Waals surface area contributed by atoms with Crippen molar-refractivity contribution < 1.29 is 31.1 Å². The van der Waals surface area contributed by atoms with E-state index >= 15 is 4.39 Å². The monoisotopic (exact) mass is 688 g/mol. The van der Waals surface area contributed by atoms with E-state index in [9.17, 15) is 22.0 Å². The van der Waals surface area contributed by atoms with Gasteiger partial charge in [0.2, 0.25) is 0 Å². The Morgan fingerprint density at radius 2 is 1.58 bits per heavy atom. The second-order valence-corrected chi connectivity index (χ2v) is 17.1. The number of benzene rings is 2. The molecule has 3 saturated heterocycles. The molecule has 5 fully saturated rings. The SMILES string of the molecule is COC(=O)N[C@H]1CCC[C@@H]1C(CN1CCC1)(c1cc(F)cc(F)c1)C1CCN(CC2(F)CN(c3ccc(S(=O)(=O)C4CC4)cc3)C2)CC1. The molecule has 3 atom stereocenters. The molecule has 2 saturated carbocycles. The Bertz CT molecular complexity index is 1570. The molecular formula is C36H47F3N4O4S. The predicted molar refractivity (Wildman–Crippen MR) is 178 cm³/mol. The number of alkyl halides is 1. The number of rotatable bonds is 11. The Morgan fingerprint density at radius 1 is 0.917 bits per heavy atom. The molecule has 7 rings (SSSR count). The van der Waals surface area contributed by atoms with E-state index in [2.05, 4.69) is 15.1 Å². The molecule has 0 aromatic heterocycles. The number of halogens is 3. The summed E-state index contributed by atoms with van der Waals surface area (Å²) < 4.78 is 76.0. The van der Waals surface area contributed by atoms with Gasteiger partial charge in [-0.1, -0.05) is 6.42 Å². The van der Waals surface area contributed by atoms with Gasteiger partial charge in [-0.05, 0) is 125 Å². The minimum atomic E-state index is -3.26. The first-order valence-corrected chi connectivity index (χ1v) is 19.1. The van der Waals surface area contributed by atoms with E-state index in [1.807, 2.05) is 4.90 Å². The molecule has 262 valence electrons. The third kappa shape index (κ3) is 6.56. The number of carbonyl (C=O) groups excluding carboxylic acids is 1. The summed E-state index contributed by atoms with van der Waals surface area (Å²) in [6.07, 6.45) is 6.04. The summed E-state index contributed by atoms with van der Waals surface area (Å²) in [5.41, 5.74) is -0.507. The molecule has 0 spiro atoms. The van der Waals surface area contributed by atoms with Crippen molar-refractivity contribution in [2.24, 2.45) is 11.8 Å². The number of amides is 1. The number of likely N-dealkylation sites (tertiary alicyclic amines) is 2. The molecule has 1 N–H and O–H groups in total. The molecule has 3 aliphatic heterocycles. The van der Waals surface area contributed by atoms with Crippen LogP contribution in [0.15, 0.2) is 47.4 Å². The van der Waals surface area contributed by atoms with Gasteiger partial charge in [-0.2, -0.15) is 0 Å². The van der Waals surface area contributed by atoms with E-state index in [1.165, 1.54) is 19.2 Å². The molecule has 1 unspecified atom stereocenters. The average molecular weight is 689 g/mol. The first-order valence-electron chi connectivity index (χ1n) is 17.5. The molecule has 2 aromatic rings. The van der Waals surface area contributed by atoms with Crippen molar-refractivity contribution in [2.45, 2.75) is 78.6 Å². The van der Waals surface area contributed by atoms with Crippen molar-refractivity contribution in [3.05, 3.63) is 59.7 Å². The fourth-order valence-corrected chi connectivity index (χ4v) is 10.8. The van der Waals surface area contributed by atoms with Crippen LogP contribution in [0, 0.1) is 23.5 Å². The molecule has 2 aromatic carbocycles. The Hall–Kier alpha value is -2.83. The molecule has 0 bridgehead atoms. The lowest BCUT2D eigenvalue weighted by Gasteiger charge is -2.54. The molecule has 2 aliphatic carbocycles. The topological polar surface area (TPSA) is 82.2 Å². The van der Waals surface area contributed by atoms with Crippen LogP contribution in [0.25, 0.3) is 0 Å². The minimum Gasteiger partial charge on any atom is -0.453 e. The lowest BCUT2D eigenvalue weighted by molar-refractivity contribution is 0.00573. The number of anilines is 1. The number of hydrogen-bond acceptors (Lipinski definition) is 7. The van der Waals surface area contributed by atoms with Crippen LogP contribution in [-0.2, 0) is 20.0 Å². The summed E-state index contributed by atoms with van der Waals surface area (Å²) >= 11 is 0. The molecule has 8 nitrogen and oxygen atoms in total. The number of alkyl carbamates (subject to hydrolysis) is 1. The maximum absolute atomic E-state index is 16.1. The normalized spacial score (nSPS) is 26.4. The third-order valence-corrected chi connectivity index (χ3v) is 14.0. The van der Waals surface area contributed by atoms with Crippen LogP contribution in [-0.4, -0.2) is 101 Å². The summed E-state index contributed by atoms with van der Waals surface area (Å²) in [5.74, 6) is -1.15. The number of nitrogens with zero attached hydrogens (tertiary/aromatic N) is 3. The first-order chi connectivity index (χ1) is 23.0. The number of carbonyl (C=O) groups is 1. The Kier molecular flexibility index (Phi) is 9.21. The quantitative estimate of drug-likeness (QED) is 0.343. The van der Waals surface area contributed by atoms with E-state index < -0.39 is 38.6 Å². The minimum absolute atomic E-state index is 0.0340. The zero-order chi connectivity index (χ0) is 33.7. The molecule has 48 heavy (non-hydrogen) atoms. The van der Waals surface area contributed by atoms with Gasteiger partial charge in [0.25, 0.3) is 0 Å². The second kappa shape index (κ2) is 13.1. The lowest BCUT2D eigenvalue weighted by Crippen LogP contribution is -2.65. The van der Waals surface area contributed by atoms with E-state index in [0.29, 0.717) is 49.5 Å². The number of nitrogens with one attached hydrogen (secondary N) is 1. The third-order valence-electron chi connectivity index (χ3n) is 11.8. The lowest BCUT2D eigenvalue weighted by atomic mass is 9.57. The van der Waals surface area contributed by atoms with Crippen LogP contribution in [0.4, 0.5) is 23.7 Å². The molecule has 12 heteroatoms. The smallest absolute Gasteiger partial charge is 0.407 e. The highest BCUT2D eigenvalue weighted by Crippen LogP contribution is 2.52. The van der Waals surface area contributed by atoms with Gasteiger partial charge in [0.1, 0.15) is 11.6 Å². The van der Waals surface area contributed by atoms with Gasteiger partial charge in [0.15, 0.2) is 15.5 Å². The number of methoxy groups -OCH3 is 1. The number of piperidine rings is 1. The zero-order valence-electron chi connectivity index (χ0n) is 27.7. The molecule has 1 amide bonds. The van der Waals surface area contributed by atoms with Crippen molar-refractivity contribution in [1.82, 2.24) is 15.1 Å². The molecule has 0 radical (unpaired) electrons. The van der Waals surface area contributed by atoms with Gasteiger partial charge in [-0.3, -0.25) is 4.90 Å². The van der Waals surface area contributed by atoms with E-state index in [0.717, 1.165) is 63.4 Å². The maximum Gasteiger partial charge on any atom is 0.407 e. The molecule has 5 aliphatic rings. The second-order valence-electron chi connectivity index (χ2n) is 14.9. The Balaban J connectivity index is 1.06. The summed E-state index contributed by atoms with van der Waals surface area (Å²) in [4.78, 5) is 19.3. The van der Waals surface area contributed by atoms with Crippen LogP contribution < -0.4 is 10.2 Å². The number of sulfone groups is 1. The highest BCUT2D eigenvalue weighted by molar-refractivity contribution is 7.92. The maximum atomic E-state index is 16.1. The first kappa shape index (κ1) is 33.7. The Morgan fingerprint density at radius 3 is 2.17 bits per heavy atom. The van der Waals surface area contributed by atoms with Crippen molar-refractivity contribution >= 4 is 21.6 Å². The number of ether oxygens (including phenoxy) is 1. The van der Waals surface area contributed by atoms with Crippen LogP contribution in [0.3, 0.4) is 0 Å². The van der Waals surface area contributed by atoms with Crippen molar-refractivity contribution in [3.8, 4) is 0 Å². The van der Waals surface area contributed by atoms with E-state index in [-0.39, 0.29) is 36.2 Å². The van der Waals surface area contributed by atoms with Gasteiger partial charge in [0.05, 0.1) is 30.3 Å². The highest BCUT2D eigenvalue weighted by atomic mass is 32.2. The van der Waals surface area contributed by atoms with Crippen LogP contribution >= 0.6 is 0 Å². The predicted octanol–water partition coefficient (Wildman–Crippen LogP) is 5.31. The fraction of sp³-hybridized carbons (Fsp3) is 0.639. The van der Waals surface area contributed by atoms with Gasteiger partial charge < -0.3 is 19.9 Å². The van der Waals surface area contributed by atoms with E-state index in [1.54, 1.807) is 24.3 Å². The van der Waals surface area contributed by atoms with Gasteiger partial charge in [0, 0.05) is 36.3 Å². The molecular weight excluding hydrogens is 641 g/mol. The van der Waals surface area contributed by atoms with Crippen LogP contribution in [0.5, 0.6) is 0 Å². The fourth-order valence-electron chi connectivity index (χ4n) is 9.13. The highest BCUT2D eigenvalue weighted by Gasteiger charge is 2.54. The average Bonchev–Trinajstić information content (AvgIpc) is 3.80. The summed E-state index contributed by atoms with van der Waals surface area (Å²) in [6.45, 7) is 4.65. The zero-order valence-corrected chi connectivity index (χ0v) is 28.5. The molecule has 3 heterocycles. The number of hydrogen-bond donors (Lipinski definition) is 1. The van der Waals surface area contributed by atoms with E-state index in [4.69, 9.17) is 4.74 Å². The van der Waals surface area contributed by atoms with Gasteiger partial charge >= 0.3 is 6.09 Å². The summed E-state index contributed by atoms with van der Waals surface area (Å²) in [7, 11) is -1.91. The van der Waals surface area contributed by atoms with Gasteiger partial charge in [-0.25, -0.2) is 26.4 Å². The largest absolute Gasteiger partial charge is 0.453 e. The standard InChI is InChI=1S/C36H47F3N4O4S/c1-47-34(44)40-33-5-2-4-32(33)36(24-41-14-3-15-41,26-18-27(37)20-28(38)19-26)25-12-16-42(17-13-25)21-35(39)22-43(23-35)29-6-8-30(9-7-29)48(45,46)31-10-11-31/h6-9,18-20,25,31-33H,2-5,10-17,21-24H2,1H3,(H,40,44)/t32-,33-,36?/m0/s1. The Labute approximate surface area is 281 Å². The van der Waals surface area contributed by atoms with Crippen molar-refractivity contribution in [1.29, 1.82) is 0 Å². The van der Waals surface area contributed by atoms with Gasteiger partial charge in [-0.15, -0.1) is 0 Å². The summed E-state index contributed by atoms with van der Waals surface area (Å²) in [5, 5.41) is 2.80. The van der Waals surface area contributed by atoms with Crippen molar-refractivity contribution in [3.63, 3.8) is 0 Å². The van der Waals surface area contributed by atoms with Crippen molar-refractivity contribution in [2.75, 3.05) is 64.4 Å². The van der Waals surface area contributed by atoms with Crippen LogP contribution in [0.2, 0.25) is 0 Å². The summed E-state index contributed by atoms with van der Waals surface area (Å²) in [6, 6.07) is 10.6. The van der Waals surface area contributed by atoms with Crippen LogP contribution in [0.1, 0.15) is 56.9 Å².